The highest BCUT2D eigenvalue weighted by atomic mass is 35.5. The Hall–Kier alpha value is -3.30. The summed E-state index contributed by atoms with van der Waals surface area (Å²) >= 11 is 5.91. The van der Waals surface area contributed by atoms with Gasteiger partial charge < -0.3 is 14.4 Å². The van der Waals surface area contributed by atoms with Gasteiger partial charge in [-0.1, -0.05) is 41.4 Å². The number of anilines is 2. The van der Waals surface area contributed by atoms with E-state index in [1.165, 1.54) is 5.56 Å². The summed E-state index contributed by atoms with van der Waals surface area (Å²) in [6.07, 6.45) is 3.32. The number of nitrogens with one attached hydrogen (secondary N) is 1. The predicted octanol–water partition coefficient (Wildman–Crippen LogP) is 3.09. The van der Waals surface area contributed by atoms with E-state index in [4.69, 9.17) is 21.1 Å². The lowest BCUT2D eigenvalue weighted by molar-refractivity contribution is 0.122. The van der Waals surface area contributed by atoms with Crippen molar-refractivity contribution < 1.29 is 9.47 Å². The normalized spacial score (nSPS) is 14.1. The maximum absolute atomic E-state index is 5.91. The summed E-state index contributed by atoms with van der Waals surface area (Å²) in [7, 11) is 0. The van der Waals surface area contributed by atoms with Crippen LogP contribution in [0.5, 0.6) is 6.01 Å². The summed E-state index contributed by atoms with van der Waals surface area (Å²) in [4.78, 5) is 19.3. The van der Waals surface area contributed by atoms with Crippen molar-refractivity contribution >= 4 is 29.5 Å². The van der Waals surface area contributed by atoms with Gasteiger partial charge in [-0.15, -0.1) is 0 Å². The van der Waals surface area contributed by atoms with Gasteiger partial charge in [0.15, 0.2) is 18.2 Å². The largest absolute Gasteiger partial charge is 0.455 e. The van der Waals surface area contributed by atoms with Gasteiger partial charge in [-0.2, -0.15) is 15.1 Å². The van der Waals surface area contributed by atoms with Crippen molar-refractivity contribution in [1.29, 1.82) is 0 Å². The second kappa shape index (κ2) is 10.1. The molecule has 0 bridgehead atoms. The fourth-order valence-corrected chi connectivity index (χ4v) is 3.14. The maximum atomic E-state index is 5.91. The Balaban J connectivity index is 1.52. The lowest BCUT2D eigenvalue weighted by atomic mass is 10.2. The van der Waals surface area contributed by atoms with Crippen molar-refractivity contribution in [3.05, 3.63) is 64.7 Å². The third kappa shape index (κ3) is 6.09. The number of hydrazone groups is 1. The van der Waals surface area contributed by atoms with Gasteiger partial charge in [0, 0.05) is 25.4 Å². The predicted molar refractivity (Wildman–Crippen MR) is 119 cm³/mol. The van der Waals surface area contributed by atoms with E-state index in [-0.39, 0.29) is 12.6 Å². The lowest BCUT2D eigenvalue weighted by Gasteiger charge is -2.28. The Morgan fingerprint density at radius 3 is 2.87 bits per heavy atom. The average molecular weight is 440 g/mol. The minimum Gasteiger partial charge on any atom is -0.455 e. The van der Waals surface area contributed by atoms with Crippen LogP contribution in [-0.2, 0) is 11.3 Å². The minimum absolute atomic E-state index is 0.0964. The second-order valence-electron chi connectivity index (χ2n) is 6.86. The Bertz CT molecular complexity index is 1060. The number of benzene rings is 1. The zero-order valence-electron chi connectivity index (χ0n) is 17.0. The van der Waals surface area contributed by atoms with Gasteiger partial charge in [-0.05, 0) is 18.6 Å². The summed E-state index contributed by atoms with van der Waals surface area (Å²) < 4.78 is 11.2. The Morgan fingerprint density at radius 1 is 1.19 bits per heavy atom. The summed E-state index contributed by atoms with van der Waals surface area (Å²) in [6, 6.07) is 11.7. The first-order valence-electron chi connectivity index (χ1n) is 9.83. The van der Waals surface area contributed by atoms with Crippen LogP contribution in [0.25, 0.3) is 0 Å². The van der Waals surface area contributed by atoms with E-state index in [9.17, 15) is 0 Å². The molecule has 31 heavy (non-hydrogen) atoms. The van der Waals surface area contributed by atoms with E-state index in [1.807, 2.05) is 37.3 Å². The second-order valence-corrected chi connectivity index (χ2v) is 7.25. The van der Waals surface area contributed by atoms with Gasteiger partial charge in [0.05, 0.1) is 19.4 Å². The van der Waals surface area contributed by atoms with Gasteiger partial charge in [-0.3, -0.25) is 5.43 Å². The fourth-order valence-electron chi connectivity index (χ4n) is 2.99. The molecule has 1 aromatic carbocycles. The summed E-state index contributed by atoms with van der Waals surface area (Å²) in [5.41, 5.74) is 5.12. The molecule has 0 spiro atoms. The lowest BCUT2D eigenvalue weighted by Crippen LogP contribution is -2.36. The Kier molecular flexibility index (Phi) is 6.85. The molecule has 1 aliphatic heterocycles. The highest BCUT2D eigenvalue weighted by Crippen LogP contribution is 2.21. The highest BCUT2D eigenvalue weighted by molar-refractivity contribution is 6.29. The molecule has 0 saturated carbocycles. The molecule has 9 nitrogen and oxygen atoms in total. The molecular weight excluding hydrogens is 418 g/mol. The number of aryl methyl sites for hydroxylation is 1. The molecule has 3 aromatic rings. The number of ether oxygens (including phenoxy) is 2. The molecule has 0 amide bonds. The SMILES string of the molecule is Cc1cccc(C=NNc2cc(N3CCOCC3)nc(OCc3nccc(Cl)n3)n2)c1. The molecule has 0 unspecified atom stereocenters. The van der Waals surface area contributed by atoms with Crippen molar-refractivity contribution in [2.24, 2.45) is 5.10 Å². The van der Waals surface area contributed by atoms with E-state index >= 15 is 0 Å². The quantitative estimate of drug-likeness (QED) is 0.340. The zero-order chi connectivity index (χ0) is 21.5. The number of morpholine rings is 1. The summed E-state index contributed by atoms with van der Waals surface area (Å²) in [5.74, 6) is 1.69. The van der Waals surface area contributed by atoms with E-state index in [2.05, 4.69) is 35.4 Å². The van der Waals surface area contributed by atoms with Gasteiger partial charge in [0.25, 0.3) is 0 Å². The zero-order valence-corrected chi connectivity index (χ0v) is 17.8. The topological polar surface area (TPSA) is 97.7 Å². The first kappa shape index (κ1) is 21.0. The van der Waals surface area contributed by atoms with Crippen LogP contribution in [0, 0.1) is 6.92 Å². The van der Waals surface area contributed by atoms with Crippen LogP contribution in [0.4, 0.5) is 11.6 Å². The number of hydrogen-bond donors (Lipinski definition) is 1. The number of rotatable bonds is 7. The first-order valence-corrected chi connectivity index (χ1v) is 10.2. The summed E-state index contributed by atoms with van der Waals surface area (Å²) in [5, 5.41) is 4.66. The smallest absolute Gasteiger partial charge is 0.320 e. The molecule has 160 valence electrons. The molecule has 3 heterocycles. The van der Waals surface area contributed by atoms with Crippen LogP contribution in [0.15, 0.2) is 47.7 Å². The van der Waals surface area contributed by atoms with Crippen LogP contribution >= 0.6 is 11.6 Å². The molecule has 10 heteroatoms. The van der Waals surface area contributed by atoms with Gasteiger partial charge >= 0.3 is 6.01 Å². The van der Waals surface area contributed by atoms with E-state index in [0.717, 1.165) is 24.5 Å². The Labute approximate surface area is 185 Å². The number of aromatic nitrogens is 4. The third-order valence-electron chi connectivity index (χ3n) is 4.46. The van der Waals surface area contributed by atoms with Gasteiger partial charge in [-0.25, -0.2) is 9.97 Å². The molecule has 1 saturated heterocycles. The van der Waals surface area contributed by atoms with Crippen LogP contribution in [0.1, 0.15) is 17.0 Å². The number of hydrogen-bond acceptors (Lipinski definition) is 9. The number of halogens is 1. The molecule has 4 rings (SSSR count). The van der Waals surface area contributed by atoms with E-state index < -0.39 is 0 Å². The van der Waals surface area contributed by atoms with Crippen molar-refractivity contribution in [2.75, 3.05) is 36.6 Å². The summed E-state index contributed by atoms with van der Waals surface area (Å²) in [6.45, 7) is 4.89. The van der Waals surface area contributed by atoms with Crippen molar-refractivity contribution in [3.8, 4) is 6.01 Å². The van der Waals surface area contributed by atoms with Gasteiger partial charge in [0.2, 0.25) is 0 Å². The van der Waals surface area contributed by atoms with E-state index in [1.54, 1.807) is 18.5 Å². The molecule has 2 aromatic heterocycles. The standard InChI is InChI=1S/C21H22ClN7O2/c1-15-3-2-4-16(11-15)13-24-28-18-12-20(29-7-9-30-10-8-29)27-21(26-18)31-14-19-23-6-5-17(22)25-19/h2-6,11-13H,7-10,14H2,1H3,(H,26,27,28). The van der Waals surface area contributed by atoms with E-state index in [0.29, 0.717) is 30.0 Å². The first-order chi connectivity index (χ1) is 15.2. The van der Waals surface area contributed by atoms with Gasteiger partial charge in [0.1, 0.15) is 11.0 Å². The molecule has 1 N–H and O–H groups in total. The Morgan fingerprint density at radius 2 is 2.06 bits per heavy atom. The average Bonchev–Trinajstić information content (AvgIpc) is 2.78. The van der Waals surface area contributed by atoms with Crippen molar-refractivity contribution in [2.45, 2.75) is 13.5 Å². The van der Waals surface area contributed by atoms with Crippen LogP contribution in [0.2, 0.25) is 5.15 Å². The fraction of sp³-hybridized carbons (Fsp3) is 0.286. The third-order valence-corrected chi connectivity index (χ3v) is 4.67. The number of nitrogens with zero attached hydrogens (tertiary/aromatic N) is 6. The molecule has 0 radical (unpaired) electrons. The monoisotopic (exact) mass is 439 g/mol. The van der Waals surface area contributed by atoms with Crippen LogP contribution in [-0.4, -0.2) is 52.5 Å². The van der Waals surface area contributed by atoms with Crippen molar-refractivity contribution in [1.82, 2.24) is 19.9 Å². The van der Waals surface area contributed by atoms with Crippen molar-refractivity contribution in [3.63, 3.8) is 0 Å². The molecule has 1 fully saturated rings. The molecule has 0 atom stereocenters. The van der Waals surface area contributed by atoms with Crippen LogP contribution in [0.3, 0.4) is 0 Å². The van der Waals surface area contributed by atoms with Crippen LogP contribution < -0.4 is 15.1 Å². The maximum Gasteiger partial charge on any atom is 0.320 e. The molecular formula is C21H22ClN7O2. The minimum atomic E-state index is 0.0964. The molecule has 0 aliphatic carbocycles. The highest BCUT2D eigenvalue weighted by Gasteiger charge is 2.16. The molecule has 1 aliphatic rings.